The lowest BCUT2D eigenvalue weighted by atomic mass is 10.1. The molecular weight excluding hydrogens is 230 g/mol. The van der Waals surface area contributed by atoms with Gasteiger partial charge in [0.25, 0.3) is 0 Å². The summed E-state index contributed by atoms with van der Waals surface area (Å²) in [6.45, 7) is 4.49. The Hall–Kier alpha value is -2.28. The zero-order chi connectivity index (χ0) is 13.4. The van der Waals surface area contributed by atoms with Crippen LogP contribution in [0.4, 0.5) is 0 Å². The van der Waals surface area contributed by atoms with E-state index in [-0.39, 0.29) is 12.2 Å². The maximum atomic E-state index is 11.3. The first kappa shape index (κ1) is 13.8. The molecule has 0 saturated heterocycles. The number of allylic oxidation sites excluding steroid dienone is 1. The maximum absolute atomic E-state index is 11.3. The molecule has 0 atom stereocenters. The van der Waals surface area contributed by atoms with Gasteiger partial charge in [-0.3, -0.25) is 0 Å². The van der Waals surface area contributed by atoms with E-state index in [1.165, 1.54) is 6.08 Å². The van der Waals surface area contributed by atoms with E-state index in [2.05, 4.69) is 0 Å². The molecule has 0 unspecified atom stereocenters. The van der Waals surface area contributed by atoms with Crippen molar-refractivity contribution in [3.05, 3.63) is 35.9 Å². The molecule has 1 aromatic carbocycles. The van der Waals surface area contributed by atoms with E-state index >= 15 is 0 Å². The van der Waals surface area contributed by atoms with Crippen molar-refractivity contribution in [2.24, 2.45) is 0 Å². The van der Waals surface area contributed by atoms with Gasteiger partial charge < -0.3 is 9.47 Å². The zero-order valence-corrected chi connectivity index (χ0v) is 10.5. The minimum Gasteiger partial charge on any atom is -0.494 e. The van der Waals surface area contributed by atoms with Gasteiger partial charge in [-0.05, 0) is 43.7 Å². The summed E-state index contributed by atoms with van der Waals surface area (Å²) in [5.74, 6) is 0.220. The zero-order valence-electron chi connectivity index (χ0n) is 10.5. The second-order valence-corrected chi connectivity index (χ2v) is 3.38. The van der Waals surface area contributed by atoms with Gasteiger partial charge >= 0.3 is 5.97 Å². The third kappa shape index (κ3) is 3.95. The smallest absolute Gasteiger partial charge is 0.332 e. The molecule has 0 aliphatic rings. The summed E-state index contributed by atoms with van der Waals surface area (Å²) in [7, 11) is 0. The SMILES string of the molecule is CCOC(=O)C=C(C#N)c1ccc(OCC)cc1. The quantitative estimate of drug-likeness (QED) is 0.454. The van der Waals surface area contributed by atoms with Gasteiger partial charge in [0.15, 0.2) is 0 Å². The lowest BCUT2D eigenvalue weighted by molar-refractivity contribution is -0.137. The minimum absolute atomic E-state index is 0.275. The van der Waals surface area contributed by atoms with Crippen LogP contribution >= 0.6 is 0 Å². The van der Waals surface area contributed by atoms with Crippen molar-refractivity contribution >= 4 is 11.5 Å². The Bertz CT molecular complexity index is 469. The fraction of sp³-hybridized carbons (Fsp3) is 0.286. The molecule has 0 bridgehead atoms. The van der Waals surface area contributed by atoms with E-state index in [1.807, 2.05) is 13.0 Å². The number of carbonyl (C=O) groups is 1. The Labute approximate surface area is 106 Å². The standard InChI is InChI=1S/C14H15NO3/c1-3-17-13-7-5-11(6-8-13)12(10-15)9-14(16)18-4-2/h5-9H,3-4H2,1-2H3. The summed E-state index contributed by atoms with van der Waals surface area (Å²) in [6, 6.07) is 8.97. The van der Waals surface area contributed by atoms with Crippen LogP contribution in [0.15, 0.2) is 30.3 Å². The third-order valence-corrected chi connectivity index (χ3v) is 2.15. The first-order valence-corrected chi connectivity index (χ1v) is 5.73. The van der Waals surface area contributed by atoms with Crippen LogP contribution in [0.2, 0.25) is 0 Å². The number of rotatable bonds is 5. The number of benzene rings is 1. The van der Waals surface area contributed by atoms with Gasteiger partial charge in [0, 0.05) is 6.08 Å². The van der Waals surface area contributed by atoms with Crippen LogP contribution in [0.5, 0.6) is 5.75 Å². The molecule has 0 fully saturated rings. The molecule has 0 aliphatic carbocycles. The topological polar surface area (TPSA) is 59.3 Å². The minimum atomic E-state index is -0.511. The Morgan fingerprint density at radius 2 is 1.94 bits per heavy atom. The Morgan fingerprint density at radius 3 is 2.44 bits per heavy atom. The summed E-state index contributed by atoms with van der Waals surface area (Å²) in [5.41, 5.74) is 0.936. The van der Waals surface area contributed by atoms with Crippen LogP contribution in [-0.2, 0) is 9.53 Å². The summed E-state index contributed by atoms with van der Waals surface area (Å²) in [6.07, 6.45) is 1.19. The van der Waals surface area contributed by atoms with E-state index in [4.69, 9.17) is 14.7 Å². The van der Waals surface area contributed by atoms with Crippen molar-refractivity contribution in [1.29, 1.82) is 5.26 Å². The predicted octanol–water partition coefficient (Wildman–Crippen LogP) is 2.56. The molecule has 0 aliphatic heterocycles. The number of hydrogen-bond donors (Lipinski definition) is 0. The van der Waals surface area contributed by atoms with Gasteiger partial charge in [-0.25, -0.2) is 4.79 Å². The fourth-order valence-electron chi connectivity index (χ4n) is 1.38. The number of ether oxygens (including phenoxy) is 2. The molecule has 0 amide bonds. The Morgan fingerprint density at radius 1 is 1.28 bits per heavy atom. The molecule has 0 aromatic heterocycles. The second-order valence-electron chi connectivity index (χ2n) is 3.38. The summed E-state index contributed by atoms with van der Waals surface area (Å²) >= 11 is 0. The van der Waals surface area contributed by atoms with Crippen LogP contribution in [0, 0.1) is 11.3 Å². The van der Waals surface area contributed by atoms with E-state index in [0.717, 1.165) is 5.75 Å². The Balaban J connectivity index is 2.89. The van der Waals surface area contributed by atoms with Crippen LogP contribution in [0.3, 0.4) is 0 Å². The third-order valence-electron chi connectivity index (χ3n) is 2.15. The molecular formula is C14H15NO3. The first-order valence-electron chi connectivity index (χ1n) is 5.73. The van der Waals surface area contributed by atoms with Crippen LogP contribution in [0.25, 0.3) is 5.57 Å². The average Bonchev–Trinajstić information content (AvgIpc) is 2.38. The number of esters is 1. The normalized spacial score (nSPS) is 10.6. The Kier molecular flexibility index (Phi) is 5.46. The van der Waals surface area contributed by atoms with E-state index in [0.29, 0.717) is 12.2 Å². The van der Waals surface area contributed by atoms with Gasteiger partial charge in [0.05, 0.1) is 18.8 Å². The highest BCUT2D eigenvalue weighted by atomic mass is 16.5. The van der Waals surface area contributed by atoms with E-state index in [9.17, 15) is 4.79 Å². The lowest BCUT2D eigenvalue weighted by Crippen LogP contribution is -2.00. The average molecular weight is 245 g/mol. The van der Waals surface area contributed by atoms with Crippen LogP contribution < -0.4 is 4.74 Å². The highest BCUT2D eigenvalue weighted by Crippen LogP contribution is 2.18. The van der Waals surface area contributed by atoms with Crippen molar-refractivity contribution < 1.29 is 14.3 Å². The molecule has 0 radical (unpaired) electrons. The molecule has 0 heterocycles. The van der Waals surface area contributed by atoms with Crippen LogP contribution in [0.1, 0.15) is 19.4 Å². The van der Waals surface area contributed by atoms with Gasteiger partial charge in [-0.2, -0.15) is 5.26 Å². The fourth-order valence-corrected chi connectivity index (χ4v) is 1.38. The van der Waals surface area contributed by atoms with Crippen molar-refractivity contribution in [3.63, 3.8) is 0 Å². The molecule has 94 valence electrons. The molecule has 0 spiro atoms. The van der Waals surface area contributed by atoms with Gasteiger partial charge in [-0.15, -0.1) is 0 Å². The first-order chi connectivity index (χ1) is 8.71. The predicted molar refractivity (Wildman–Crippen MR) is 67.8 cm³/mol. The van der Waals surface area contributed by atoms with E-state index < -0.39 is 5.97 Å². The van der Waals surface area contributed by atoms with Crippen molar-refractivity contribution in [2.45, 2.75) is 13.8 Å². The second kappa shape index (κ2) is 7.13. The molecule has 18 heavy (non-hydrogen) atoms. The van der Waals surface area contributed by atoms with Gasteiger partial charge in [0.2, 0.25) is 0 Å². The monoisotopic (exact) mass is 245 g/mol. The highest BCUT2D eigenvalue weighted by molar-refractivity contribution is 5.95. The van der Waals surface area contributed by atoms with Crippen LogP contribution in [-0.4, -0.2) is 19.2 Å². The largest absolute Gasteiger partial charge is 0.494 e. The van der Waals surface area contributed by atoms with Crippen molar-refractivity contribution in [1.82, 2.24) is 0 Å². The summed E-state index contributed by atoms with van der Waals surface area (Å²) in [5, 5.41) is 9.01. The van der Waals surface area contributed by atoms with Gasteiger partial charge in [0.1, 0.15) is 11.8 Å². The van der Waals surface area contributed by atoms with Crippen molar-refractivity contribution in [3.8, 4) is 11.8 Å². The molecule has 0 saturated carbocycles. The molecule has 1 aromatic rings. The maximum Gasteiger partial charge on any atom is 0.332 e. The van der Waals surface area contributed by atoms with E-state index in [1.54, 1.807) is 31.2 Å². The summed E-state index contributed by atoms with van der Waals surface area (Å²) in [4.78, 5) is 11.3. The molecule has 4 heteroatoms. The lowest BCUT2D eigenvalue weighted by Gasteiger charge is -2.04. The number of carbonyl (C=O) groups excluding carboxylic acids is 1. The summed E-state index contributed by atoms with van der Waals surface area (Å²) < 4.78 is 10.1. The molecule has 4 nitrogen and oxygen atoms in total. The number of nitrogens with zero attached hydrogens (tertiary/aromatic N) is 1. The number of nitriles is 1. The van der Waals surface area contributed by atoms with Crippen molar-refractivity contribution in [2.75, 3.05) is 13.2 Å². The molecule has 0 N–H and O–H groups in total. The molecule has 1 rings (SSSR count). The van der Waals surface area contributed by atoms with Gasteiger partial charge in [-0.1, -0.05) is 0 Å². The number of hydrogen-bond acceptors (Lipinski definition) is 4. The highest BCUT2D eigenvalue weighted by Gasteiger charge is 2.05.